The first-order valence-electron chi connectivity index (χ1n) is 3.31. The molecule has 2 fully saturated rings. The van der Waals surface area contributed by atoms with Crippen molar-refractivity contribution in [2.45, 2.75) is 16.4 Å². The van der Waals surface area contributed by atoms with E-state index in [1.54, 1.807) is 11.8 Å². The Kier molecular flexibility index (Phi) is 1.74. The number of hydrogen-bond donors (Lipinski definition) is 0. The zero-order valence-electron chi connectivity index (χ0n) is 5.69. The van der Waals surface area contributed by atoms with E-state index in [0.29, 0.717) is 11.8 Å². The first-order chi connectivity index (χ1) is 5.31. The summed E-state index contributed by atoms with van der Waals surface area (Å²) in [6.07, 6.45) is 0.674. The van der Waals surface area contributed by atoms with Gasteiger partial charge in [-0.1, -0.05) is 0 Å². The Morgan fingerprint density at radius 1 is 1.82 bits per heavy atom. The SMILES string of the molecule is N#CSC1CN2C(=O)C[C@H]2S1. The van der Waals surface area contributed by atoms with Crippen LogP contribution in [0.25, 0.3) is 0 Å². The molecule has 2 saturated heterocycles. The van der Waals surface area contributed by atoms with Crippen LogP contribution in [0.5, 0.6) is 0 Å². The van der Waals surface area contributed by atoms with E-state index < -0.39 is 0 Å². The smallest absolute Gasteiger partial charge is 0.226 e. The summed E-state index contributed by atoms with van der Waals surface area (Å²) in [5.74, 6) is 0.239. The number of amides is 1. The second-order valence-electron chi connectivity index (χ2n) is 2.48. The zero-order valence-corrected chi connectivity index (χ0v) is 7.32. The molecule has 0 aliphatic carbocycles. The summed E-state index contributed by atoms with van der Waals surface area (Å²) in [5, 5.41) is 10.8. The lowest BCUT2D eigenvalue weighted by Gasteiger charge is -2.32. The van der Waals surface area contributed by atoms with Crippen LogP contribution in [0.4, 0.5) is 0 Å². The van der Waals surface area contributed by atoms with Gasteiger partial charge in [-0.3, -0.25) is 4.79 Å². The summed E-state index contributed by atoms with van der Waals surface area (Å²) in [6.45, 7) is 0.756. The van der Waals surface area contributed by atoms with Crippen LogP contribution in [0, 0.1) is 10.7 Å². The number of β-lactam (4-membered cyclic amide) rings is 1. The van der Waals surface area contributed by atoms with E-state index in [9.17, 15) is 4.79 Å². The van der Waals surface area contributed by atoms with Crippen molar-refractivity contribution in [1.29, 1.82) is 5.26 Å². The minimum atomic E-state index is 0.239. The van der Waals surface area contributed by atoms with Gasteiger partial charge >= 0.3 is 0 Å². The molecule has 58 valence electrons. The summed E-state index contributed by atoms with van der Waals surface area (Å²) in [6, 6.07) is 0. The van der Waals surface area contributed by atoms with Crippen LogP contribution in [0.2, 0.25) is 0 Å². The molecule has 0 radical (unpaired) electrons. The van der Waals surface area contributed by atoms with Gasteiger partial charge in [0, 0.05) is 6.54 Å². The van der Waals surface area contributed by atoms with Crippen LogP contribution in [0.15, 0.2) is 0 Å². The molecular weight excluding hydrogens is 180 g/mol. The van der Waals surface area contributed by atoms with Gasteiger partial charge < -0.3 is 4.90 Å². The predicted molar refractivity (Wildman–Crippen MR) is 44.7 cm³/mol. The standard InChI is InChI=1S/C6H6N2OS2/c7-3-10-6-2-8-4(9)1-5(8)11-6/h5-6H,1-2H2/t5-,6?/m1/s1. The molecule has 0 aromatic heterocycles. The maximum Gasteiger partial charge on any atom is 0.226 e. The third kappa shape index (κ3) is 1.10. The molecular formula is C6H6N2OS2. The van der Waals surface area contributed by atoms with Crippen LogP contribution < -0.4 is 0 Å². The number of fused-ring (bicyclic) bond motifs is 1. The maximum atomic E-state index is 10.9. The van der Waals surface area contributed by atoms with E-state index in [1.165, 1.54) is 11.8 Å². The number of nitriles is 1. The number of nitrogens with zero attached hydrogens (tertiary/aromatic N) is 2. The van der Waals surface area contributed by atoms with Gasteiger partial charge in [0.15, 0.2) is 0 Å². The summed E-state index contributed by atoms with van der Waals surface area (Å²) in [5.41, 5.74) is 0. The highest BCUT2D eigenvalue weighted by Gasteiger charge is 2.44. The largest absolute Gasteiger partial charge is 0.328 e. The normalized spacial score (nSPS) is 34.5. The van der Waals surface area contributed by atoms with Gasteiger partial charge in [-0.25, -0.2) is 0 Å². The van der Waals surface area contributed by atoms with E-state index in [1.807, 2.05) is 4.90 Å². The van der Waals surface area contributed by atoms with Gasteiger partial charge in [-0.05, 0) is 11.8 Å². The number of carbonyl (C=O) groups excluding carboxylic acids is 1. The Hall–Kier alpha value is -0.340. The highest BCUT2D eigenvalue weighted by molar-refractivity contribution is 8.19. The highest BCUT2D eigenvalue weighted by atomic mass is 32.2. The van der Waals surface area contributed by atoms with Gasteiger partial charge in [0.1, 0.15) is 5.40 Å². The summed E-state index contributed by atoms with van der Waals surface area (Å²) in [7, 11) is 0. The molecule has 2 heterocycles. The van der Waals surface area contributed by atoms with Gasteiger partial charge in [-0.15, -0.1) is 11.8 Å². The lowest BCUT2D eigenvalue weighted by atomic mass is 10.2. The van der Waals surface area contributed by atoms with Gasteiger partial charge in [-0.2, -0.15) is 5.26 Å². The average molecular weight is 186 g/mol. The van der Waals surface area contributed by atoms with Crippen molar-refractivity contribution >= 4 is 29.4 Å². The minimum Gasteiger partial charge on any atom is -0.328 e. The summed E-state index contributed by atoms with van der Waals surface area (Å²) < 4.78 is 0.288. The Morgan fingerprint density at radius 2 is 2.64 bits per heavy atom. The van der Waals surface area contributed by atoms with E-state index in [-0.39, 0.29) is 10.5 Å². The second kappa shape index (κ2) is 2.61. The number of thioether (sulfide) groups is 2. The number of carbonyl (C=O) groups is 1. The van der Waals surface area contributed by atoms with Crippen molar-refractivity contribution in [3.8, 4) is 5.40 Å². The van der Waals surface area contributed by atoms with Crippen molar-refractivity contribution in [2.75, 3.05) is 6.54 Å². The fourth-order valence-corrected chi connectivity index (χ4v) is 3.54. The van der Waals surface area contributed by atoms with E-state index in [2.05, 4.69) is 5.40 Å². The molecule has 2 aliphatic heterocycles. The Morgan fingerprint density at radius 3 is 3.18 bits per heavy atom. The molecule has 2 rings (SSSR count). The molecule has 2 aliphatic rings. The van der Waals surface area contributed by atoms with Crippen LogP contribution in [0.3, 0.4) is 0 Å². The van der Waals surface area contributed by atoms with Gasteiger partial charge in [0.2, 0.25) is 5.91 Å². The Bertz CT molecular complexity index is 237. The zero-order chi connectivity index (χ0) is 7.84. The topological polar surface area (TPSA) is 44.1 Å². The molecule has 1 amide bonds. The fourth-order valence-electron chi connectivity index (χ4n) is 1.27. The molecule has 0 N–H and O–H groups in total. The molecule has 3 nitrogen and oxygen atoms in total. The first-order valence-corrected chi connectivity index (χ1v) is 5.13. The lowest BCUT2D eigenvalue weighted by molar-refractivity contribution is -0.140. The Labute approximate surface area is 73.1 Å². The van der Waals surface area contributed by atoms with E-state index >= 15 is 0 Å². The second-order valence-corrected chi connectivity index (χ2v) is 5.15. The van der Waals surface area contributed by atoms with Gasteiger partial charge in [0.25, 0.3) is 0 Å². The van der Waals surface area contributed by atoms with E-state index in [0.717, 1.165) is 6.54 Å². The van der Waals surface area contributed by atoms with Crippen molar-refractivity contribution in [3.05, 3.63) is 0 Å². The van der Waals surface area contributed by atoms with Crippen LogP contribution >= 0.6 is 23.5 Å². The molecule has 1 unspecified atom stereocenters. The van der Waals surface area contributed by atoms with Crippen molar-refractivity contribution in [1.82, 2.24) is 4.90 Å². The molecule has 0 aromatic carbocycles. The molecule has 11 heavy (non-hydrogen) atoms. The number of rotatable bonds is 1. The van der Waals surface area contributed by atoms with Crippen LogP contribution in [-0.2, 0) is 4.79 Å². The van der Waals surface area contributed by atoms with Crippen LogP contribution in [-0.4, -0.2) is 27.3 Å². The monoisotopic (exact) mass is 186 g/mol. The lowest BCUT2D eigenvalue weighted by Crippen LogP contribution is -2.47. The number of thiocyanates is 1. The summed E-state index contributed by atoms with van der Waals surface area (Å²) >= 11 is 3.00. The first kappa shape index (κ1) is 7.32. The summed E-state index contributed by atoms with van der Waals surface area (Å²) in [4.78, 5) is 12.7. The molecule has 2 atom stereocenters. The average Bonchev–Trinajstić information content (AvgIpc) is 2.29. The number of hydrogen-bond acceptors (Lipinski definition) is 4. The fraction of sp³-hybridized carbons (Fsp3) is 0.667. The van der Waals surface area contributed by atoms with Crippen molar-refractivity contribution < 1.29 is 4.79 Å². The third-order valence-electron chi connectivity index (χ3n) is 1.86. The molecule has 0 aromatic rings. The molecule has 5 heteroatoms. The molecule has 0 saturated carbocycles. The highest BCUT2D eigenvalue weighted by Crippen LogP contribution is 2.43. The third-order valence-corrected chi connectivity index (χ3v) is 4.18. The minimum absolute atomic E-state index is 0.239. The Balaban J connectivity index is 1.94. The maximum absolute atomic E-state index is 10.9. The van der Waals surface area contributed by atoms with Gasteiger partial charge in [0.05, 0.1) is 16.4 Å². The molecule has 0 bridgehead atoms. The predicted octanol–water partition coefficient (Wildman–Crippen LogP) is 0.832. The van der Waals surface area contributed by atoms with Crippen molar-refractivity contribution in [3.63, 3.8) is 0 Å². The molecule has 0 spiro atoms. The van der Waals surface area contributed by atoms with Crippen molar-refractivity contribution in [2.24, 2.45) is 0 Å². The van der Waals surface area contributed by atoms with Crippen LogP contribution in [0.1, 0.15) is 6.42 Å². The van der Waals surface area contributed by atoms with E-state index in [4.69, 9.17) is 5.26 Å². The quantitative estimate of drug-likeness (QED) is 0.449.